The Labute approximate surface area is 96.4 Å². The summed E-state index contributed by atoms with van der Waals surface area (Å²) in [6, 6.07) is 0. The van der Waals surface area contributed by atoms with E-state index in [4.69, 9.17) is 0 Å². The van der Waals surface area contributed by atoms with Crippen LogP contribution in [-0.4, -0.2) is 18.5 Å². The molecule has 4 heteroatoms. The lowest BCUT2D eigenvalue weighted by Crippen LogP contribution is -2.22. The molecule has 0 aromatic rings. The van der Waals surface area contributed by atoms with Crippen LogP contribution in [0.2, 0.25) is 0 Å². The molecule has 0 rings (SSSR count). The monoisotopic (exact) mass is 236 g/mol. The smallest absolute Gasteiger partial charge is 0.320 e. The van der Waals surface area contributed by atoms with Crippen molar-refractivity contribution in [2.24, 2.45) is 5.92 Å². The molecule has 1 unspecified atom stereocenters. The highest BCUT2D eigenvalue weighted by atomic mass is 19.3. The molecule has 0 amide bonds. The van der Waals surface area contributed by atoms with Crippen LogP contribution in [0.15, 0.2) is 0 Å². The summed E-state index contributed by atoms with van der Waals surface area (Å²) in [5, 5.41) is 0. The SMILES string of the molecule is CCCC(=O)CC(CCC)COC(C)(F)F. The van der Waals surface area contributed by atoms with Crippen LogP contribution in [0.25, 0.3) is 0 Å². The van der Waals surface area contributed by atoms with Gasteiger partial charge in [0.1, 0.15) is 5.78 Å². The van der Waals surface area contributed by atoms with E-state index >= 15 is 0 Å². The largest absolute Gasteiger partial charge is 0.352 e. The number of Topliss-reactive ketones (excluding diaryl/α,β-unsaturated/α-hetero) is 1. The van der Waals surface area contributed by atoms with Gasteiger partial charge in [0.2, 0.25) is 0 Å². The quantitative estimate of drug-likeness (QED) is 0.608. The van der Waals surface area contributed by atoms with Crippen LogP contribution in [0, 0.1) is 5.92 Å². The van der Waals surface area contributed by atoms with Gasteiger partial charge >= 0.3 is 6.11 Å². The normalized spacial score (nSPS) is 13.8. The average Bonchev–Trinajstić information content (AvgIpc) is 2.14. The first-order valence-corrected chi connectivity index (χ1v) is 5.92. The fraction of sp³-hybridized carbons (Fsp3) is 0.917. The maximum absolute atomic E-state index is 12.5. The van der Waals surface area contributed by atoms with Crippen molar-refractivity contribution in [2.75, 3.05) is 6.61 Å². The zero-order valence-corrected chi connectivity index (χ0v) is 10.4. The van der Waals surface area contributed by atoms with E-state index in [0.717, 1.165) is 26.2 Å². The van der Waals surface area contributed by atoms with E-state index in [1.54, 1.807) is 0 Å². The maximum atomic E-state index is 12.5. The standard InChI is InChI=1S/C12H22F2O2/c1-4-6-10(8-11(15)7-5-2)9-16-12(3,13)14/h10H,4-9H2,1-3H3. The Morgan fingerprint density at radius 2 is 1.94 bits per heavy atom. The van der Waals surface area contributed by atoms with Crippen molar-refractivity contribution in [3.05, 3.63) is 0 Å². The highest BCUT2D eigenvalue weighted by Crippen LogP contribution is 2.19. The summed E-state index contributed by atoms with van der Waals surface area (Å²) in [6.45, 7) is 4.60. The van der Waals surface area contributed by atoms with E-state index in [-0.39, 0.29) is 18.3 Å². The van der Waals surface area contributed by atoms with Crippen molar-refractivity contribution in [2.45, 2.75) is 59.0 Å². The molecule has 0 spiro atoms. The summed E-state index contributed by atoms with van der Waals surface area (Å²) >= 11 is 0. The fourth-order valence-corrected chi connectivity index (χ4v) is 1.62. The van der Waals surface area contributed by atoms with Gasteiger partial charge in [-0.15, -0.1) is 0 Å². The summed E-state index contributed by atoms with van der Waals surface area (Å²) in [7, 11) is 0. The van der Waals surface area contributed by atoms with Crippen LogP contribution < -0.4 is 0 Å². The van der Waals surface area contributed by atoms with E-state index in [0.29, 0.717) is 12.8 Å². The molecule has 0 bridgehead atoms. The number of rotatable bonds is 9. The molecule has 16 heavy (non-hydrogen) atoms. The summed E-state index contributed by atoms with van der Waals surface area (Å²) in [5.74, 6) is 0.0684. The highest BCUT2D eigenvalue weighted by Gasteiger charge is 2.24. The molecule has 1 atom stereocenters. The van der Waals surface area contributed by atoms with E-state index in [2.05, 4.69) is 4.74 Å². The highest BCUT2D eigenvalue weighted by molar-refractivity contribution is 5.78. The molecular formula is C12H22F2O2. The molecule has 96 valence electrons. The first-order valence-electron chi connectivity index (χ1n) is 5.92. The Morgan fingerprint density at radius 1 is 1.31 bits per heavy atom. The van der Waals surface area contributed by atoms with Crippen LogP contribution in [0.1, 0.15) is 52.9 Å². The molecule has 2 nitrogen and oxygen atoms in total. The Balaban J connectivity index is 4.01. The third kappa shape index (κ3) is 8.77. The van der Waals surface area contributed by atoms with Crippen molar-refractivity contribution in [1.29, 1.82) is 0 Å². The van der Waals surface area contributed by atoms with E-state index in [1.807, 2.05) is 13.8 Å². The van der Waals surface area contributed by atoms with Crippen LogP contribution >= 0.6 is 0 Å². The van der Waals surface area contributed by atoms with Gasteiger partial charge in [-0.1, -0.05) is 20.3 Å². The van der Waals surface area contributed by atoms with Gasteiger partial charge < -0.3 is 4.74 Å². The first kappa shape index (κ1) is 15.5. The van der Waals surface area contributed by atoms with Crippen molar-refractivity contribution in [3.63, 3.8) is 0 Å². The summed E-state index contributed by atoms with van der Waals surface area (Å²) in [6.07, 6.45) is 0.233. The molecule has 0 aromatic heterocycles. The third-order valence-electron chi connectivity index (χ3n) is 2.31. The zero-order chi connectivity index (χ0) is 12.6. The topological polar surface area (TPSA) is 26.3 Å². The predicted molar refractivity (Wildman–Crippen MR) is 59.5 cm³/mol. The number of alkyl halides is 2. The Hall–Kier alpha value is -0.510. The van der Waals surface area contributed by atoms with Gasteiger partial charge in [0, 0.05) is 19.8 Å². The van der Waals surface area contributed by atoms with Crippen molar-refractivity contribution >= 4 is 5.78 Å². The molecule has 0 aliphatic rings. The first-order chi connectivity index (χ1) is 7.39. The minimum atomic E-state index is -3.10. The van der Waals surface area contributed by atoms with Gasteiger partial charge in [-0.3, -0.25) is 4.79 Å². The maximum Gasteiger partial charge on any atom is 0.352 e. The number of ketones is 1. The lowest BCUT2D eigenvalue weighted by Gasteiger charge is -2.18. The number of hydrogen-bond donors (Lipinski definition) is 0. The predicted octanol–water partition coefficient (Wildman–Crippen LogP) is 3.79. The van der Waals surface area contributed by atoms with Gasteiger partial charge in [0.25, 0.3) is 0 Å². The van der Waals surface area contributed by atoms with Gasteiger partial charge in [0.15, 0.2) is 0 Å². The summed E-state index contributed by atoms with van der Waals surface area (Å²) < 4.78 is 29.4. The molecule has 0 aliphatic carbocycles. The lowest BCUT2D eigenvalue weighted by molar-refractivity contribution is -0.230. The minimum absolute atomic E-state index is 0.0349. The number of carbonyl (C=O) groups excluding carboxylic acids is 1. The average molecular weight is 236 g/mol. The number of hydrogen-bond acceptors (Lipinski definition) is 2. The lowest BCUT2D eigenvalue weighted by atomic mass is 9.96. The number of carbonyl (C=O) groups is 1. The Kier molecular flexibility index (Phi) is 7.47. The number of halogens is 2. The molecule has 0 radical (unpaired) electrons. The van der Waals surface area contributed by atoms with Gasteiger partial charge in [-0.05, 0) is 18.8 Å². The van der Waals surface area contributed by atoms with E-state index in [1.165, 1.54) is 0 Å². The molecule has 0 N–H and O–H groups in total. The van der Waals surface area contributed by atoms with E-state index in [9.17, 15) is 13.6 Å². The summed E-state index contributed by atoms with van der Waals surface area (Å²) in [4.78, 5) is 11.4. The van der Waals surface area contributed by atoms with Crippen molar-refractivity contribution < 1.29 is 18.3 Å². The number of ether oxygens (including phenoxy) is 1. The van der Waals surface area contributed by atoms with E-state index < -0.39 is 6.11 Å². The molecule has 0 aromatic carbocycles. The van der Waals surface area contributed by atoms with Gasteiger partial charge in [-0.25, -0.2) is 0 Å². The zero-order valence-electron chi connectivity index (χ0n) is 10.4. The molecule has 0 saturated heterocycles. The third-order valence-corrected chi connectivity index (χ3v) is 2.31. The van der Waals surface area contributed by atoms with Crippen LogP contribution in [0.4, 0.5) is 8.78 Å². The molecule has 0 saturated carbocycles. The Morgan fingerprint density at radius 3 is 2.38 bits per heavy atom. The van der Waals surface area contributed by atoms with Crippen molar-refractivity contribution in [3.8, 4) is 0 Å². The second kappa shape index (κ2) is 7.71. The van der Waals surface area contributed by atoms with Crippen LogP contribution in [0.5, 0.6) is 0 Å². The molecule has 0 fully saturated rings. The fourth-order valence-electron chi connectivity index (χ4n) is 1.62. The van der Waals surface area contributed by atoms with Crippen LogP contribution in [0.3, 0.4) is 0 Å². The molecule has 0 aliphatic heterocycles. The second-order valence-electron chi connectivity index (χ2n) is 4.27. The Bertz CT molecular complexity index is 200. The minimum Gasteiger partial charge on any atom is -0.320 e. The molecule has 0 heterocycles. The van der Waals surface area contributed by atoms with Gasteiger partial charge in [-0.2, -0.15) is 8.78 Å². The molecular weight excluding hydrogens is 214 g/mol. The van der Waals surface area contributed by atoms with Crippen LogP contribution in [-0.2, 0) is 9.53 Å². The summed E-state index contributed by atoms with van der Waals surface area (Å²) in [5.41, 5.74) is 0. The van der Waals surface area contributed by atoms with Gasteiger partial charge in [0.05, 0.1) is 6.61 Å². The van der Waals surface area contributed by atoms with Crippen molar-refractivity contribution in [1.82, 2.24) is 0 Å². The second-order valence-corrected chi connectivity index (χ2v) is 4.27.